The van der Waals surface area contributed by atoms with Crippen LogP contribution in [0.15, 0.2) is 16.8 Å². The molecule has 3 N–H and O–H groups in total. The molecule has 0 saturated heterocycles. The molecule has 78 valence electrons. The first-order chi connectivity index (χ1) is 6.59. The van der Waals surface area contributed by atoms with Crippen LogP contribution in [0.1, 0.15) is 31.9 Å². The zero-order chi connectivity index (χ0) is 10.6. The van der Waals surface area contributed by atoms with Gasteiger partial charge in [-0.2, -0.15) is 11.3 Å². The quantitative estimate of drug-likeness (QED) is 0.797. The van der Waals surface area contributed by atoms with Gasteiger partial charge < -0.3 is 11.1 Å². The number of hydrogen-bond donors (Lipinski definition) is 2. The predicted octanol–water partition coefficient (Wildman–Crippen LogP) is 1.66. The maximum atomic E-state index is 11.4. The Balaban J connectivity index is 2.41. The van der Waals surface area contributed by atoms with Crippen LogP contribution in [0, 0.1) is 0 Å². The largest absolute Gasteiger partial charge is 0.350 e. The molecule has 1 aromatic rings. The van der Waals surface area contributed by atoms with Gasteiger partial charge in [0.1, 0.15) is 0 Å². The molecule has 0 aliphatic rings. The Morgan fingerprint density at radius 3 is 2.86 bits per heavy atom. The zero-order valence-corrected chi connectivity index (χ0v) is 9.30. The fraction of sp³-hybridized carbons (Fsp3) is 0.500. The van der Waals surface area contributed by atoms with E-state index in [4.69, 9.17) is 5.73 Å². The van der Waals surface area contributed by atoms with E-state index in [1.165, 1.54) is 0 Å². The van der Waals surface area contributed by atoms with Gasteiger partial charge in [0.25, 0.3) is 0 Å². The van der Waals surface area contributed by atoms with E-state index in [1.807, 2.05) is 30.7 Å². The van der Waals surface area contributed by atoms with Crippen molar-refractivity contribution < 1.29 is 4.79 Å². The first-order valence-corrected chi connectivity index (χ1v) is 5.61. The number of rotatable bonds is 4. The molecular weight excluding hydrogens is 196 g/mol. The average molecular weight is 212 g/mol. The predicted molar refractivity (Wildman–Crippen MR) is 59.1 cm³/mol. The zero-order valence-electron chi connectivity index (χ0n) is 8.49. The van der Waals surface area contributed by atoms with Crippen molar-refractivity contribution in [3.05, 3.63) is 22.4 Å². The lowest BCUT2D eigenvalue weighted by molar-refractivity contribution is -0.121. The summed E-state index contributed by atoms with van der Waals surface area (Å²) in [7, 11) is 0. The third kappa shape index (κ3) is 3.47. The first kappa shape index (κ1) is 11.2. The molecule has 0 aliphatic heterocycles. The van der Waals surface area contributed by atoms with Crippen LogP contribution in [-0.2, 0) is 4.79 Å². The van der Waals surface area contributed by atoms with E-state index in [2.05, 4.69) is 5.32 Å². The number of nitrogens with two attached hydrogens (primary N) is 1. The molecule has 0 fully saturated rings. The molecule has 1 amide bonds. The van der Waals surface area contributed by atoms with Crippen molar-refractivity contribution in [2.24, 2.45) is 5.73 Å². The van der Waals surface area contributed by atoms with Crippen LogP contribution in [0.5, 0.6) is 0 Å². The van der Waals surface area contributed by atoms with Crippen LogP contribution in [0.25, 0.3) is 0 Å². The van der Waals surface area contributed by atoms with Crippen LogP contribution >= 0.6 is 11.3 Å². The number of carbonyl (C=O) groups is 1. The van der Waals surface area contributed by atoms with E-state index in [1.54, 1.807) is 11.3 Å². The molecule has 4 heteroatoms. The summed E-state index contributed by atoms with van der Waals surface area (Å²) >= 11 is 1.63. The first-order valence-electron chi connectivity index (χ1n) is 4.66. The summed E-state index contributed by atoms with van der Waals surface area (Å²) in [6.07, 6.45) is 0.383. The molecule has 2 unspecified atom stereocenters. The topological polar surface area (TPSA) is 55.1 Å². The molecule has 1 rings (SSSR count). The van der Waals surface area contributed by atoms with Crippen molar-refractivity contribution in [2.75, 3.05) is 0 Å². The summed E-state index contributed by atoms with van der Waals surface area (Å²) in [4.78, 5) is 11.4. The Morgan fingerprint density at radius 2 is 2.36 bits per heavy atom. The Kier molecular flexibility index (Phi) is 4.10. The summed E-state index contributed by atoms with van der Waals surface area (Å²) in [5.41, 5.74) is 6.68. The molecule has 0 bridgehead atoms. The molecule has 1 heterocycles. The number of carbonyl (C=O) groups excluding carboxylic acids is 1. The lowest BCUT2D eigenvalue weighted by Crippen LogP contribution is -2.31. The lowest BCUT2D eigenvalue weighted by Gasteiger charge is -2.13. The minimum atomic E-state index is -0.0790. The Hall–Kier alpha value is -0.870. The fourth-order valence-electron chi connectivity index (χ4n) is 1.20. The summed E-state index contributed by atoms with van der Waals surface area (Å²) in [6, 6.07) is 2.01. The molecule has 0 saturated carbocycles. The lowest BCUT2D eigenvalue weighted by atomic mass is 10.1. The van der Waals surface area contributed by atoms with E-state index >= 15 is 0 Å². The van der Waals surface area contributed by atoms with Crippen molar-refractivity contribution >= 4 is 17.2 Å². The van der Waals surface area contributed by atoms with Gasteiger partial charge in [0, 0.05) is 12.5 Å². The maximum absolute atomic E-state index is 11.4. The van der Waals surface area contributed by atoms with Gasteiger partial charge >= 0.3 is 0 Å². The molecular formula is C10H16N2OS. The number of nitrogens with one attached hydrogen (secondary N) is 1. The second-order valence-electron chi connectivity index (χ2n) is 3.53. The molecule has 0 radical (unpaired) electrons. The highest BCUT2D eigenvalue weighted by Gasteiger charge is 2.10. The van der Waals surface area contributed by atoms with Gasteiger partial charge in [-0.05, 0) is 36.2 Å². The highest BCUT2D eigenvalue weighted by Crippen LogP contribution is 2.15. The highest BCUT2D eigenvalue weighted by atomic mass is 32.1. The standard InChI is InChI=1S/C10H16N2OS/c1-7(11)5-10(13)12-8(2)9-3-4-14-6-9/h3-4,6-8H,5,11H2,1-2H3,(H,12,13). The molecule has 0 aliphatic carbocycles. The third-order valence-corrected chi connectivity index (χ3v) is 2.63. The number of hydrogen-bond acceptors (Lipinski definition) is 3. The van der Waals surface area contributed by atoms with Crippen molar-refractivity contribution in [1.82, 2.24) is 5.32 Å². The summed E-state index contributed by atoms with van der Waals surface area (Å²) in [6.45, 7) is 3.80. The Morgan fingerprint density at radius 1 is 1.64 bits per heavy atom. The van der Waals surface area contributed by atoms with Crippen LogP contribution in [0.3, 0.4) is 0 Å². The van der Waals surface area contributed by atoms with E-state index in [0.29, 0.717) is 6.42 Å². The molecule has 2 atom stereocenters. The van der Waals surface area contributed by atoms with Crippen LogP contribution in [0.4, 0.5) is 0 Å². The SMILES string of the molecule is CC(N)CC(=O)NC(C)c1ccsc1. The van der Waals surface area contributed by atoms with Gasteiger partial charge in [-0.1, -0.05) is 0 Å². The van der Waals surface area contributed by atoms with Crippen LogP contribution in [0.2, 0.25) is 0 Å². The summed E-state index contributed by atoms with van der Waals surface area (Å²) in [5, 5.41) is 6.94. The Labute approximate surface area is 88.3 Å². The van der Waals surface area contributed by atoms with Gasteiger partial charge in [-0.25, -0.2) is 0 Å². The molecule has 1 aromatic heterocycles. The average Bonchev–Trinajstić information content (AvgIpc) is 2.53. The Bertz CT molecular complexity index is 282. The monoisotopic (exact) mass is 212 g/mol. The molecule has 0 spiro atoms. The second-order valence-corrected chi connectivity index (χ2v) is 4.31. The summed E-state index contributed by atoms with van der Waals surface area (Å²) in [5.74, 6) is 0.0127. The van der Waals surface area contributed by atoms with Gasteiger partial charge in [-0.15, -0.1) is 0 Å². The second kappa shape index (κ2) is 5.12. The molecule has 3 nitrogen and oxygen atoms in total. The highest BCUT2D eigenvalue weighted by molar-refractivity contribution is 7.07. The van der Waals surface area contributed by atoms with E-state index in [9.17, 15) is 4.79 Å². The minimum Gasteiger partial charge on any atom is -0.350 e. The van der Waals surface area contributed by atoms with Gasteiger partial charge in [-0.3, -0.25) is 4.79 Å². The van der Waals surface area contributed by atoms with Gasteiger partial charge in [0.2, 0.25) is 5.91 Å². The van der Waals surface area contributed by atoms with Crippen molar-refractivity contribution in [2.45, 2.75) is 32.4 Å². The van der Waals surface area contributed by atoms with Gasteiger partial charge in [0.05, 0.1) is 6.04 Å². The van der Waals surface area contributed by atoms with Crippen LogP contribution < -0.4 is 11.1 Å². The van der Waals surface area contributed by atoms with Crippen molar-refractivity contribution in [3.63, 3.8) is 0 Å². The van der Waals surface area contributed by atoms with E-state index < -0.39 is 0 Å². The summed E-state index contributed by atoms with van der Waals surface area (Å²) < 4.78 is 0. The minimum absolute atomic E-state index is 0.0127. The third-order valence-electron chi connectivity index (χ3n) is 1.93. The van der Waals surface area contributed by atoms with Crippen LogP contribution in [-0.4, -0.2) is 11.9 Å². The maximum Gasteiger partial charge on any atom is 0.222 e. The van der Waals surface area contributed by atoms with E-state index in [-0.39, 0.29) is 18.0 Å². The smallest absolute Gasteiger partial charge is 0.222 e. The number of thiophene rings is 1. The van der Waals surface area contributed by atoms with Crippen molar-refractivity contribution in [3.8, 4) is 0 Å². The fourth-order valence-corrected chi connectivity index (χ4v) is 1.95. The molecule has 14 heavy (non-hydrogen) atoms. The number of amides is 1. The van der Waals surface area contributed by atoms with Crippen molar-refractivity contribution in [1.29, 1.82) is 0 Å². The van der Waals surface area contributed by atoms with E-state index in [0.717, 1.165) is 5.56 Å². The molecule has 0 aromatic carbocycles. The van der Waals surface area contributed by atoms with Gasteiger partial charge in [0.15, 0.2) is 0 Å². The normalized spacial score (nSPS) is 14.8.